The van der Waals surface area contributed by atoms with E-state index in [9.17, 15) is 9.59 Å². The Balaban J connectivity index is 1.66. The van der Waals surface area contributed by atoms with E-state index in [1.54, 1.807) is 18.2 Å². The minimum absolute atomic E-state index is 0.154. The number of carbonyl (C=O) groups excluding carboxylic acids is 1. The molecule has 0 unspecified atom stereocenters. The smallest absolute Gasteiger partial charge is 0.411 e. The molecule has 1 amide bonds. The van der Waals surface area contributed by atoms with E-state index < -0.39 is 6.09 Å². The largest absolute Gasteiger partial charge is 0.447 e. The fourth-order valence-electron chi connectivity index (χ4n) is 3.22. The molecule has 0 aliphatic carbocycles. The molecule has 0 radical (unpaired) electrons. The van der Waals surface area contributed by atoms with Crippen molar-refractivity contribution in [3.63, 3.8) is 0 Å². The number of anilines is 1. The minimum Gasteiger partial charge on any atom is -0.447 e. The Labute approximate surface area is 165 Å². The number of nitrogens with one attached hydrogen (secondary N) is 3. The van der Waals surface area contributed by atoms with E-state index in [2.05, 4.69) is 20.3 Å². The topological polar surface area (TPSA) is 109 Å². The van der Waals surface area contributed by atoms with Gasteiger partial charge in [0.25, 0.3) is 5.56 Å². The van der Waals surface area contributed by atoms with Gasteiger partial charge in [0.2, 0.25) is 0 Å². The summed E-state index contributed by atoms with van der Waals surface area (Å²) < 4.78 is 9.81. The highest BCUT2D eigenvalue weighted by molar-refractivity contribution is 5.91. The third-order valence-electron chi connectivity index (χ3n) is 4.66. The minimum atomic E-state index is -0.595. The van der Waals surface area contributed by atoms with Crippen LogP contribution in [0.3, 0.4) is 0 Å². The summed E-state index contributed by atoms with van der Waals surface area (Å²) in [5.41, 5.74) is 4.24. The number of benzene rings is 2. The predicted molar refractivity (Wildman–Crippen MR) is 111 cm³/mol. The Morgan fingerprint density at radius 1 is 1.10 bits per heavy atom. The van der Waals surface area contributed by atoms with Gasteiger partial charge in [0.15, 0.2) is 5.69 Å². The number of rotatable bonds is 5. The highest BCUT2D eigenvalue weighted by Gasteiger charge is 2.15. The van der Waals surface area contributed by atoms with E-state index in [1.165, 1.54) is 7.11 Å². The van der Waals surface area contributed by atoms with Crippen molar-refractivity contribution in [3.8, 4) is 11.4 Å². The van der Waals surface area contributed by atoms with Crippen molar-refractivity contribution in [2.24, 2.45) is 0 Å². The number of ether oxygens (including phenoxy) is 2. The van der Waals surface area contributed by atoms with Gasteiger partial charge in [-0.05, 0) is 36.8 Å². The van der Waals surface area contributed by atoms with Crippen LogP contribution in [0.1, 0.15) is 5.56 Å². The molecule has 0 atom stereocenters. The summed E-state index contributed by atoms with van der Waals surface area (Å²) >= 11 is 0. The molecular formula is C21H20N4O4. The summed E-state index contributed by atoms with van der Waals surface area (Å²) in [5.74, 6) is 0. The third kappa shape index (κ3) is 3.70. The number of aromatic nitrogens is 3. The molecule has 0 fully saturated rings. The Hall–Kier alpha value is -3.65. The van der Waals surface area contributed by atoms with E-state index in [1.807, 2.05) is 31.2 Å². The monoisotopic (exact) mass is 392 g/mol. The normalized spacial score (nSPS) is 11.1. The van der Waals surface area contributed by atoms with Gasteiger partial charge in [-0.15, -0.1) is 0 Å². The summed E-state index contributed by atoms with van der Waals surface area (Å²) in [6.07, 6.45) is -0.595. The van der Waals surface area contributed by atoms with Crippen LogP contribution in [0, 0.1) is 6.92 Å². The zero-order valence-electron chi connectivity index (χ0n) is 16.0. The Morgan fingerprint density at radius 3 is 2.72 bits per heavy atom. The lowest BCUT2D eigenvalue weighted by Gasteiger charge is -2.08. The van der Waals surface area contributed by atoms with Gasteiger partial charge in [-0.1, -0.05) is 18.2 Å². The van der Waals surface area contributed by atoms with Gasteiger partial charge >= 0.3 is 6.09 Å². The van der Waals surface area contributed by atoms with Crippen LogP contribution in [-0.2, 0) is 9.47 Å². The van der Waals surface area contributed by atoms with Gasteiger partial charge < -0.3 is 19.4 Å². The first kappa shape index (κ1) is 18.7. The van der Waals surface area contributed by atoms with Crippen LogP contribution in [0.5, 0.6) is 0 Å². The lowest BCUT2D eigenvalue weighted by Crippen LogP contribution is -2.16. The number of aromatic amines is 2. The van der Waals surface area contributed by atoms with Crippen LogP contribution in [0.4, 0.5) is 10.5 Å². The molecule has 8 heteroatoms. The molecule has 29 heavy (non-hydrogen) atoms. The average molecular weight is 392 g/mol. The van der Waals surface area contributed by atoms with Crippen molar-refractivity contribution in [1.29, 1.82) is 0 Å². The molecule has 0 bridgehead atoms. The average Bonchev–Trinajstić information content (AvgIpc) is 3.04. The summed E-state index contributed by atoms with van der Waals surface area (Å²) in [6.45, 7) is 2.43. The van der Waals surface area contributed by atoms with Crippen LogP contribution >= 0.6 is 0 Å². The molecule has 2 heterocycles. The van der Waals surface area contributed by atoms with Gasteiger partial charge in [-0.25, -0.2) is 9.78 Å². The predicted octanol–water partition coefficient (Wildman–Crippen LogP) is 3.57. The maximum Gasteiger partial charge on any atom is 0.411 e. The SMILES string of the molecule is COCCOC(=O)Nc1ccc2nc(-c3[nH]c4ccccc4c3C)c(=O)[nH]c2c1. The second kappa shape index (κ2) is 7.76. The third-order valence-corrected chi connectivity index (χ3v) is 4.66. The van der Waals surface area contributed by atoms with E-state index in [0.717, 1.165) is 16.5 Å². The van der Waals surface area contributed by atoms with Gasteiger partial charge in [-0.2, -0.15) is 0 Å². The number of hydrogen-bond acceptors (Lipinski definition) is 5. The van der Waals surface area contributed by atoms with Crippen molar-refractivity contribution in [2.45, 2.75) is 6.92 Å². The maximum absolute atomic E-state index is 12.7. The number of H-pyrrole nitrogens is 2. The quantitative estimate of drug-likeness (QED) is 0.450. The Bertz CT molecular complexity index is 1260. The zero-order valence-corrected chi connectivity index (χ0v) is 16.0. The summed E-state index contributed by atoms with van der Waals surface area (Å²) in [4.78, 5) is 35.2. The van der Waals surface area contributed by atoms with E-state index >= 15 is 0 Å². The number of fused-ring (bicyclic) bond motifs is 2. The standard InChI is InChI=1S/C21H20N4O4/c1-12-14-5-3-4-6-15(14)23-18(12)19-20(26)25-17-11-13(7-8-16(17)24-19)22-21(27)29-10-9-28-2/h3-8,11,23H,9-10H2,1-2H3,(H,22,27)(H,25,26). The van der Waals surface area contributed by atoms with Crippen molar-refractivity contribution < 1.29 is 14.3 Å². The molecule has 4 rings (SSSR count). The maximum atomic E-state index is 12.7. The second-order valence-electron chi connectivity index (χ2n) is 6.57. The number of hydrogen-bond donors (Lipinski definition) is 3. The second-order valence-corrected chi connectivity index (χ2v) is 6.57. The molecule has 4 aromatic rings. The number of carbonyl (C=O) groups is 1. The molecule has 148 valence electrons. The molecule has 0 aliphatic heterocycles. The zero-order chi connectivity index (χ0) is 20.4. The molecule has 0 saturated heterocycles. The highest BCUT2D eigenvalue weighted by atomic mass is 16.6. The van der Waals surface area contributed by atoms with E-state index in [0.29, 0.717) is 34.7 Å². The summed E-state index contributed by atoms with van der Waals surface area (Å²) in [5, 5.41) is 3.66. The molecule has 3 N–H and O–H groups in total. The fraction of sp³-hybridized carbons (Fsp3) is 0.190. The van der Waals surface area contributed by atoms with Crippen LogP contribution in [0.25, 0.3) is 33.3 Å². The van der Waals surface area contributed by atoms with Crippen LogP contribution in [0.15, 0.2) is 47.3 Å². The number of para-hydroxylation sites is 1. The summed E-state index contributed by atoms with van der Waals surface area (Å²) in [6, 6.07) is 12.9. The van der Waals surface area contributed by atoms with Gasteiger partial charge in [0.1, 0.15) is 6.61 Å². The van der Waals surface area contributed by atoms with Gasteiger partial charge in [0.05, 0.1) is 23.3 Å². The van der Waals surface area contributed by atoms with Crippen LogP contribution in [-0.4, -0.2) is 41.4 Å². The van der Waals surface area contributed by atoms with Gasteiger partial charge in [0, 0.05) is 23.7 Å². The van der Waals surface area contributed by atoms with Crippen molar-refractivity contribution in [3.05, 3.63) is 58.4 Å². The molecule has 0 aliphatic rings. The fourth-order valence-corrected chi connectivity index (χ4v) is 3.22. The summed E-state index contributed by atoms with van der Waals surface area (Å²) in [7, 11) is 1.53. The first-order valence-electron chi connectivity index (χ1n) is 9.11. The number of methoxy groups -OCH3 is 1. The van der Waals surface area contributed by atoms with Crippen molar-refractivity contribution in [2.75, 3.05) is 25.6 Å². The van der Waals surface area contributed by atoms with Crippen LogP contribution < -0.4 is 10.9 Å². The lowest BCUT2D eigenvalue weighted by molar-refractivity contribution is 0.107. The number of amides is 1. The van der Waals surface area contributed by atoms with Crippen LogP contribution in [0.2, 0.25) is 0 Å². The first-order chi connectivity index (χ1) is 14.1. The number of nitrogens with zero attached hydrogens (tertiary/aromatic N) is 1. The molecule has 2 aromatic carbocycles. The van der Waals surface area contributed by atoms with E-state index in [4.69, 9.17) is 9.47 Å². The Kier molecular flexibility index (Phi) is 5.01. The van der Waals surface area contributed by atoms with Crippen molar-refractivity contribution >= 4 is 33.7 Å². The lowest BCUT2D eigenvalue weighted by atomic mass is 10.1. The number of aryl methyl sites for hydroxylation is 1. The van der Waals surface area contributed by atoms with E-state index in [-0.39, 0.29) is 12.2 Å². The Morgan fingerprint density at radius 2 is 1.93 bits per heavy atom. The highest BCUT2D eigenvalue weighted by Crippen LogP contribution is 2.27. The van der Waals surface area contributed by atoms with Crippen molar-refractivity contribution in [1.82, 2.24) is 15.0 Å². The molecular weight excluding hydrogens is 372 g/mol. The molecule has 0 spiro atoms. The first-order valence-corrected chi connectivity index (χ1v) is 9.11. The van der Waals surface area contributed by atoms with Gasteiger partial charge in [-0.3, -0.25) is 10.1 Å². The molecule has 2 aromatic heterocycles. The molecule has 8 nitrogen and oxygen atoms in total. The molecule has 0 saturated carbocycles.